The van der Waals surface area contributed by atoms with E-state index in [9.17, 15) is 5.26 Å². The lowest BCUT2D eigenvalue weighted by atomic mass is 9.65. The molecular formula is C16H20N2. The number of nitrogens with one attached hydrogen (secondary N) is 1. The first-order valence-electron chi connectivity index (χ1n) is 7.06. The van der Waals surface area contributed by atoms with Crippen molar-refractivity contribution >= 4 is 0 Å². The summed E-state index contributed by atoms with van der Waals surface area (Å²) in [5.41, 5.74) is 2.52. The molecule has 1 aliphatic heterocycles. The minimum Gasteiger partial charge on any atom is -0.317 e. The molecule has 1 heterocycles. The summed E-state index contributed by atoms with van der Waals surface area (Å²) in [5.74, 6) is 0.708. The lowest BCUT2D eigenvalue weighted by molar-refractivity contribution is 0.324. The van der Waals surface area contributed by atoms with E-state index in [0.29, 0.717) is 5.92 Å². The Morgan fingerprint density at radius 3 is 2.28 bits per heavy atom. The minimum absolute atomic E-state index is 0.160. The molecule has 94 valence electrons. The van der Waals surface area contributed by atoms with E-state index in [4.69, 9.17) is 0 Å². The van der Waals surface area contributed by atoms with Gasteiger partial charge >= 0.3 is 0 Å². The summed E-state index contributed by atoms with van der Waals surface area (Å²) in [6.07, 6.45) is 5.75. The third kappa shape index (κ3) is 1.93. The van der Waals surface area contributed by atoms with Gasteiger partial charge in [-0.25, -0.2) is 0 Å². The van der Waals surface area contributed by atoms with E-state index >= 15 is 0 Å². The molecular weight excluding hydrogens is 220 g/mol. The Hall–Kier alpha value is -1.33. The van der Waals surface area contributed by atoms with Gasteiger partial charge in [0, 0.05) is 0 Å². The van der Waals surface area contributed by atoms with Crippen molar-refractivity contribution in [3.63, 3.8) is 0 Å². The highest BCUT2D eigenvalue weighted by atomic mass is 14.9. The molecule has 0 spiro atoms. The highest BCUT2D eigenvalue weighted by molar-refractivity contribution is 5.37. The molecule has 3 rings (SSSR count). The molecule has 0 unspecified atom stereocenters. The molecule has 2 aliphatic rings. The Morgan fingerprint density at radius 2 is 1.78 bits per heavy atom. The van der Waals surface area contributed by atoms with E-state index in [1.807, 2.05) is 0 Å². The fraction of sp³-hybridized carbons (Fsp3) is 0.562. The van der Waals surface area contributed by atoms with Crippen molar-refractivity contribution in [3.05, 3.63) is 35.4 Å². The van der Waals surface area contributed by atoms with Crippen LogP contribution in [0.1, 0.15) is 49.1 Å². The SMILES string of the molecule is N#CC1(c2ccc(C3CCNCC3)cc2)CCC1. The van der Waals surface area contributed by atoms with Gasteiger partial charge in [-0.15, -0.1) is 0 Å². The van der Waals surface area contributed by atoms with Gasteiger partial charge in [-0.05, 0) is 62.2 Å². The summed E-state index contributed by atoms with van der Waals surface area (Å²) in [5, 5.41) is 12.8. The first-order valence-corrected chi connectivity index (χ1v) is 7.06. The fourth-order valence-corrected chi connectivity index (χ4v) is 3.22. The first kappa shape index (κ1) is 11.7. The standard InChI is InChI=1S/C16H20N2/c17-12-16(8-1-9-16)15-4-2-13(3-5-15)14-6-10-18-11-7-14/h2-5,14,18H,1,6-11H2. The lowest BCUT2D eigenvalue weighted by Gasteiger charge is -2.36. The normalized spacial score (nSPS) is 23.1. The van der Waals surface area contributed by atoms with Crippen LogP contribution < -0.4 is 5.32 Å². The van der Waals surface area contributed by atoms with Gasteiger partial charge < -0.3 is 5.32 Å². The largest absolute Gasteiger partial charge is 0.317 e. The van der Waals surface area contributed by atoms with Crippen molar-refractivity contribution in [2.24, 2.45) is 0 Å². The number of benzene rings is 1. The molecule has 0 amide bonds. The maximum atomic E-state index is 9.35. The topological polar surface area (TPSA) is 35.8 Å². The predicted octanol–water partition coefficient (Wildman–Crippen LogP) is 3.10. The first-order chi connectivity index (χ1) is 8.84. The molecule has 1 aromatic rings. The van der Waals surface area contributed by atoms with Crippen LogP contribution in [0.5, 0.6) is 0 Å². The highest BCUT2D eigenvalue weighted by Gasteiger charge is 2.38. The molecule has 2 nitrogen and oxygen atoms in total. The van der Waals surface area contributed by atoms with E-state index in [-0.39, 0.29) is 5.41 Å². The number of hydrogen-bond acceptors (Lipinski definition) is 2. The molecule has 2 fully saturated rings. The second kappa shape index (κ2) is 4.74. The van der Waals surface area contributed by atoms with Crippen molar-refractivity contribution in [2.75, 3.05) is 13.1 Å². The predicted molar refractivity (Wildman–Crippen MR) is 72.4 cm³/mol. The van der Waals surface area contributed by atoms with Crippen molar-refractivity contribution < 1.29 is 0 Å². The van der Waals surface area contributed by atoms with Crippen LogP contribution in [0.15, 0.2) is 24.3 Å². The van der Waals surface area contributed by atoms with Crippen LogP contribution in [0.4, 0.5) is 0 Å². The number of rotatable bonds is 2. The summed E-state index contributed by atoms with van der Waals surface area (Å²) >= 11 is 0. The summed E-state index contributed by atoms with van der Waals surface area (Å²) in [6, 6.07) is 11.4. The van der Waals surface area contributed by atoms with Gasteiger partial charge in [0.2, 0.25) is 0 Å². The molecule has 0 atom stereocenters. The smallest absolute Gasteiger partial charge is 0.0822 e. The Balaban J connectivity index is 1.78. The second-order valence-corrected chi connectivity index (χ2v) is 5.69. The molecule has 0 aromatic heterocycles. The molecule has 2 heteroatoms. The summed E-state index contributed by atoms with van der Waals surface area (Å²) in [6.45, 7) is 2.27. The van der Waals surface area contributed by atoms with E-state index in [2.05, 4.69) is 35.7 Å². The Bertz CT molecular complexity index is 445. The van der Waals surface area contributed by atoms with Gasteiger partial charge in [-0.1, -0.05) is 24.3 Å². The zero-order chi connectivity index (χ0) is 12.4. The molecule has 0 radical (unpaired) electrons. The van der Waals surface area contributed by atoms with Gasteiger partial charge in [-0.2, -0.15) is 5.26 Å². The lowest BCUT2D eigenvalue weighted by Crippen LogP contribution is -2.32. The summed E-state index contributed by atoms with van der Waals surface area (Å²) in [4.78, 5) is 0. The van der Waals surface area contributed by atoms with Crippen LogP contribution in [-0.4, -0.2) is 13.1 Å². The maximum Gasteiger partial charge on any atom is 0.0822 e. The van der Waals surface area contributed by atoms with Crippen LogP contribution in [0, 0.1) is 11.3 Å². The monoisotopic (exact) mass is 240 g/mol. The molecule has 1 saturated heterocycles. The van der Waals surface area contributed by atoms with Crippen LogP contribution in [0.3, 0.4) is 0 Å². The van der Waals surface area contributed by atoms with Crippen molar-refractivity contribution in [1.29, 1.82) is 5.26 Å². The second-order valence-electron chi connectivity index (χ2n) is 5.69. The summed E-state index contributed by atoms with van der Waals surface area (Å²) < 4.78 is 0. The highest BCUT2D eigenvalue weighted by Crippen LogP contribution is 2.43. The maximum absolute atomic E-state index is 9.35. The minimum atomic E-state index is -0.160. The number of nitrogens with zero attached hydrogens (tertiary/aromatic N) is 1. The molecule has 1 aromatic carbocycles. The van der Waals surface area contributed by atoms with Crippen molar-refractivity contribution in [2.45, 2.75) is 43.4 Å². The van der Waals surface area contributed by atoms with Gasteiger partial charge in [0.15, 0.2) is 0 Å². The van der Waals surface area contributed by atoms with Gasteiger partial charge in [0.05, 0.1) is 11.5 Å². The zero-order valence-corrected chi connectivity index (χ0v) is 10.8. The van der Waals surface area contributed by atoms with E-state index in [1.165, 1.54) is 30.4 Å². The third-order valence-corrected chi connectivity index (χ3v) is 4.69. The van der Waals surface area contributed by atoms with Gasteiger partial charge in [-0.3, -0.25) is 0 Å². The molecule has 1 N–H and O–H groups in total. The molecule has 1 saturated carbocycles. The zero-order valence-electron chi connectivity index (χ0n) is 10.8. The Kier molecular flexibility index (Phi) is 3.09. The van der Waals surface area contributed by atoms with Crippen LogP contribution in [0.2, 0.25) is 0 Å². The van der Waals surface area contributed by atoms with Crippen LogP contribution in [0.25, 0.3) is 0 Å². The van der Waals surface area contributed by atoms with Crippen molar-refractivity contribution in [3.8, 4) is 6.07 Å². The van der Waals surface area contributed by atoms with Crippen LogP contribution in [-0.2, 0) is 5.41 Å². The number of nitriles is 1. The molecule has 1 aliphatic carbocycles. The van der Waals surface area contributed by atoms with Gasteiger partial charge in [0.1, 0.15) is 0 Å². The van der Waals surface area contributed by atoms with E-state index in [0.717, 1.165) is 25.9 Å². The third-order valence-electron chi connectivity index (χ3n) is 4.69. The van der Waals surface area contributed by atoms with E-state index in [1.54, 1.807) is 0 Å². The number of hydrogen-bond donors (Lipinski definition) is 1. The summed E-state index contributed by atoms with van der Waals surface area (Å²) in [7, 11) is 0. The Labute approximate surface area is 109 Å². The van der Waals surface area contributed by atoms with E-state index < -0.39 is 0 Å². The van der Waals surface area contributed by atoms with Crippen molar-refractivity contribution in [1.82, 2.24) is 5.32 Å². The average molecular weight is 240 g/mol. The molecule has 0 bridgehead atoms. The Morgan fingerprint density at radius 1 is 1.11 bits per heavy atom. The van der Waals surface area contributed by atoms with Gasteiger partial charge in [0.25, 0.3) is 0 Å². The fourth-order valence-electron chi connectivity index (χ4n) is 3.22. The molecule has 18 heavy (non-hydrogen) atoms. The average Bonchev–Trinajstić information content (AvgIpc) is 2.40. The van der Waals surface area contributed by atoms with Crippen LogP contribution >= 0.6 is 0 Å². The number of piperidine rings is 1. The quantitative estimate of drug-likeness (QED) is 0.862.